The molecule has 0 bridgehead atoms. The average molecular weight is 576 g/mol. The molecule has 3 aromatic rings. The molecular weight excluding hydrogens is 550 g/mol. The number of benzene rings is 2. The summed E-state index contributed by atoms with van der Waals surface area (Å²) in [7, 11) is 0. The fourth-order valence-corrected chi connectivity index (χ4v) is 5.81. The van der Waals surface area contributed by atoms with Crippen LogP contribution in [-0.4, -0.2) is 42.1 Å². The van der Waals surface area contributed by atoms with Crippen LogP contribution in [0.15, 0.2) is 60.8 Å². The van der Waals surface area contributed by atoms with Crippen molar-refractivity contribution in [1.29, 1.82) is 0 Å². The van der Waals surface area contributed by atoms with Crippen molar-refractivity contribution >= 4 is 64.2 Å². The van der Waals surface area contributed by atoms with Gasteiger partial charge in [0, 0.05) is 36.3 Å². The molecule has 0 radical (unpaired) electrons. The van der Waals surface area contributed by atoms with E-state index in [1.54, 1.807) is 17.2 Å². The number of aromatic nitrogens is 1. The zero-order chi connectivity index (χ0) is 26.0. The fraction of sp³-hybridized carbons (Fsp3) is 0.286. The number of hydrogen-bond acceptors (Lipinski definition) is 3. The van der Waals surface area contributed by atoms with E-state index in [1.165, 1.54) is 0 Å². The summed E-state index contributed by atoms with van der Waals surface area (Å²) in [5.74, 6) is 0. The molecule has 2 aromatic carbocycles. The number of nitrogens with one attached hydrogen (secondary N) is 1. The second kappa shape index (κ2) is 11.2. The van der Waals surface area contributed by atoms with E-state index in [-0.39, 0.29) is 11.4 Å². The molecule has 37 heavy (non-hydrogen) atoms. The van der Waals surface area contributed by atoms with Gasteiger partial charge in [-0.25, -0.2) is 9.78 Å². The van der Waals surface area contributed by atoms with Crippen molar-refractivity contribution in [3.63, 3.8) is 0 Å². The van der Waals surface area contributed by atoms with Crippen molar-refractivity contribution in [2.75, 3.05) is 31.1 Å². The molecule has 2 amide bonds. The fourth-order valence-electron chi connectivity index (χ4n) is 5.17. The molecule has 5 rings (SSSR count). The number of urea groups is 1. The molecule has 1 aromatic heterocycles. The maximum Gasteiger partial charge on any atom is 0.322 e. The Morgan fingerprint density at radius 2 is 1.73 bits per heavy atom. The quantitative estimate of drug-likeness (QED) is 0.321. The summed E-state index contributed by atoms with van der Waals surface area (Å²) in [5.41, 5.74) is 3.79. The molecule has 1 saturated heterocycles. The maximum atomic E-state index is 13.3. The largest absolute Gasteiger partial charge is 0.334 e. The lowest BCUT2D eigenvalue weighted by Crippen LogP contribution is -2.47. The van der Waals surface area contributed by atoms with E-state index in [4.69, 9.17) is 46.4 Å². The van der Waals surface area contributed by atoms with Gasteiger partial charge in [-0.2, -0.15) is 0 Å². The number of halogens is 4. The minimum absolute atomic E-state index is 0.155. The Kier molecular flexibility index (Phi) is 7.99. The predicted octanol–water partition coefficient (Wildman–Crippen LogP) is 7.47. The van der Waals surface area contributed by atoms with E-state index in [0.29, 0.717) is 28.3 Å². The lowest BCUT2D eigenvalue weighted by molar-refractivity contribution is 0.180. The van der Waals surface area contributed by atoms with E-state index < -0.39 is 0 Å². The monoisotopic (exact) mass is 574 g/mol. The normalized spacial score (nSPS) is 16.9. The second-order valence-corrected chi connectivity index (χ2v) is 11.2. The average Bonchev–Trinajstić information content (AvgIpc) is 3.18. The standard InChI is InChI=1S/C28H26Cl4N4O/c29-21-5-3-19(4-6-21)2-1-11-35-12-8-28(9-13-35)18-36(25-16-24(31)23(30)15-22(25)28)27(37)34-17-20-7-10-33-26(32)14-20/h1-7,10,14-16H,8-9,11-13,17-18H2,(H,34,37). The number of piperidine rings is 1. The van der Waals surface area contributed by atoms with Crippen molar-refractivity contribution in [1.82, 2.24) is 15.2 Å². The molecule has 1 fully saturated rings. The van der Waals surface area contributed by atoms with Crippen molar-refractivity contribution in [3.05, 3.63) is 97.7 Å². The van der Waals surface area contributed by atoms with Gasteiger partial charge in [0.1, 0.15) is 5.15 Å². The number of carbonyl (C=O) groups excluding carboxylic acids is 1. The van der Waals surface area contributed by atoms with Gasteiger partial charge < -0.3 is 5.32 Å². The number of pyridine rings is 1. The van der Waals surface area contributed by atoms with Gasteiger partial charge in [-0.05, 0) is 79.0 Å². The SMILES string of the molecule is O=C(NCc1ccnc(Cl)c1)N1CC2(CCN(CC=Cc3ccc(Cl)cc3)CC2)c2cc(Cl)c(Cl)cc21. The molecule has 2 aliphatic rings. The summed E-state index contributed by atoms with van der Waals surface area (Å²) in [4.78, 5) is 21.5. The number of amides is 2. The topological polar surface area (TPSA) is 48.5 Å². The van der Waals surface area contributed by atoms with Crippen LogP contribution in [0.25, 0.3) is 6.08 Å². The minimum atomic E-state index is -0.169. The van der Waals surface area contributed by atoms with Crippen LogP contribution in [0.1, 0.15) is 29.5 Å². The Labute approximate surface area is 237 Å². The molecule has 3 heterocycles. The molecule has 5 nitrogen and oxygen atoms in total. The number of carbonyl (C=O) groups is 1. The zero-order valence-electron chi connectivity index (χ0n) is 20.1. The summed E-state index contributed by atoms with van der Waals surface area (Å²) >= 11 is 24.8. The molecule has 0 aliphatic carbocycles. The number of hydrogen-bond donors (Lipinski definition) is 1. The molecule has 1 N–H and O–H groups in total. The van der Waals surface area contributed by atoms with E-state index in [1.807, 2.05) is 42.5 Å². The van der Waals surface area contributed by atoms with Crippen molar-refractivity contribution in [2.24, 2.45) is 0 Å². The summed E-state index contributed by atoms with van der Waals surface area (Å²) in [6, 6.07) is 15.0. The first kappa shape index (κ1) is 26.3. The molecule has 0 atom stereocenters. The Hall–Kier alpha value is -2.28. The van der Waals surface area contributed by atoms with Crippen LogP contribution in [-0.2, 0) is 12.0 Å². The molecule has 9 heteroatoms. The van der Waals surface area contributed by atoms with Crippen LogP contribution >= 0.6 is 46.4 Å². The molecule has 0 saturated carbocycles. The first-order valence-corrected chi connectivity index (χ1v) is 13.6. The van der Waals surface area contributed by atoms with Crippen LogP contribution in [0.2, 0.25) is 20.2 Å². The Bertz CT molecular complexity index is 1320. The van der Waals surface area contributed by atoms with Crippen molar-refractivity contribution in [2.45, 2.75) is 24.8 Å². The number of nitrogens with zero attached hydrogens (tertiary/aromatic N) is 3. The third-order valence-corrected chi connectivity index (χ3v) is 8.38. The summed E-state index contributed by atoms with van der Waals surface area (Å²) in [5, 5.41) is 5.11. The third kappa shape index (κ3) is 5.92. The molecule has 2 aliphatic heterocycles. The van der Waals surface area contributed by atoms with Crippen molar-refractivity contribution < 1.29 is 4.79 Å². The van der Waals surface area contributed by atoms with Crippen LogP contribution in [0.5, 0.6) is 0 Å². The van der Waals surface area contributed by atoms with Gasteiger partial charge in [0.2, 0.25) is 0 Å². The number of likely N-dealkylation sites (tertiary alicyclic amines) is 1. The molecule has 0 unspecified atom stereocenters. The second-order valence-electron chi connectivity index (χ2n) is 9.55. The predicted molar refractivity (Wildman–Crippen MR) is 153 cm³/mol. The van der Waals surface area contributed by atoms with Crippen LogP contribution in [0.4, 0.5) is 10.5 Å². The van der Waals surface area contributed by atoms with E-state index in [0.717, 1.165) is 59.9 Å². The van der Waals surface area contributed by atoms with Crippen molar-refractivity contribution in [3.8, 4) is 0 Å². The third-order valence-electron chi connectivity index (χ3n) is 7.20. The van der Waals surface area contributed by atoms with Gasteiger partial charge in [-0.3, -0.25) is 9.80 Å². The van der Waals surface area contributed by atoms with Gasteiger partial charge in [0.15, 0.2) is 0 Å². The van der Waals surface area contributed by atoms with Gasteiger partial charge in [0.05, 0.1) is 15.7 Å². The van der Waals surface area contributed by atoms with Crippen LogP contribution in [0, 0.1) is 0 Å². The van der Waals surface area contributed by atoms with Crippen LogP contribution < -0.4 is 10.2 Å². The molecule has 192 valence electrons. The van der Waals surface area contributed by atoms with E-state index >= 15 is 0 Å². The van der Waals surface area contributed by atoms with Gasteiger partial charge in [0.25, 0.3) is 0 Å². The first-order valence-electron chi connectivity index (χ1n) is 12.1. The van der Waals surface area contributed by atoms with Crippen LogP contribution in [0.3, 0.4) is 0 Å². The van der Waals surface area contributed by atoms with E-state index in [2.05, 4.69) is 27.4 Å². The number of rotatable bonds is 5. The number of anilines is 1. The highest BCUT2D eigenvalue weighted by atomic mass is 35.5. The summed E-state index contributed by atoms with van der Waals surface area (Å²) < 4.78 is 0. The maximum absolute atomic E-state index is 13.3. The highest BCUT2D eigenvalue weighted by Gasteiger charge is 2.46. The highest BCUT2D eigenvalue weighted by molar-refractivity contribution is 6.42. The lowest BCUT2D eigenvalue weighted by Gasteiger charge is -2.39. The Morgan fingerprint density at radius 3 is 2.46 bits per heavy atom. The Morgan fingerprint density at radius 1 is 1.00 bits per heavy atom. The smallest absolute Gasteiger partial charge is 0.322 e. The van der Waals surface area contributed by atoms with E-state index in [9.17, 15) is 4.79 Å². The molecular formula is C28H26Cl4N4O. The highest BCUT2D eigenvalue weighted by Crippen LogP contribution is 2.49. The molecule has 1 spiro atoms. The summed E-state index contributed by atoms with van der Waals surface area (Å²) in [6.45, 7) is 3.67. The minimum Gasteiger partial charge on any atom is -0.334 e. The number of fused-ring (bicyclic) bond motifs is 2. The van der Waals surface area contributed by atoms with Gasteiger partial charge >= 0.3 is 6.03 Å². The van der Waals surface area contributed by atoms with Gasteiger partial charge in [-0.1, -0.05) is 70.7 Å². The lowest BCUT2D eigenvalue weighted by atomic mass is 9.74. The summed E-state index contributed by atoms with van der Waals surface area (Å²) in [6.07, 6.45) is 7.79. The zero-order valence-corrected chi connectivity index (χ0v) is 23.1. The Balaban J connectivity index is 1.27. The van der Waals surface area contributed by atoms with Gasteiger partial charge in [-0.15, -0.1) is 0 Å². The first-order chi connectivity index (χ1) is 17.8.